The van der Waals surface area contributed by atoms with E-state index in [1.165, 1.54) is 24.3 Å². The van der Waals surface area contributed by atoms with E-state index in [0.717, 1.165) is 12.1 Å². The number of hydrogen-bond donors (Lipinski definition) is 2. The molecule has 0 saturated heterocycles. The number of nitrogen functional groups attached to an aromatic ring is 1. The van der Waals surface area contributed by atoms with Crippen LogP contribution in [0.5, 0.6) is 0 Å². The molecular formula is C26H29F3N2O4. The summed E-state index contributed by atoms with van der Waals surface area (Å²) in [6.45, 7) is 9.42. The van der Waals surface area contributed by atoms with E-state index in [-0.39, 0.29) is 40.8 Å². The highest BCUT2D eigenvalue weighted by molar-refractivity contribution is 6.06. The molecule has 0 aliphatic rings. The summed E-state index contributed by atoms with van der Waals surface area (Å²) in [7, 11) is 0. The lowest BCUT2D eigenvalue weighted by Gasteiger charge is -2.17. The van der Waals surface area contributed by atoms with E-state index in [1.807, 2.05) is 34.6 Å². The van der Waals surface area contributed by atoms with Crippen molar-refractivity contribution in [2.24, 2.45) is 5.41 Å². The molecule has 0 bridgehead atoms. The maximum absolute atomic E-state index is 12.8. The minimum absolute atomic E-state index is 0.0789. The number of halogens is 3. The van der Waals surface area contributed by atoms with E-state index < -0.39 is 28.8 Å². The summed E-state index contributed by atoms with van der Waals surface area (Å²) in [6, 6.07) is 9.10. The van der Waals surface area contributed by atoms with Gasteiger partial charge in [-0.05, 0) is 40.8 Å². The van der Waals surface area contributed by atoms with Crippen molar-refractivity contribution in [2.45, 2.75) is 47.2 Å². The molecule has 2 aromatic carbocycles. The highest BCUT2D eigenvalue weighted by Crippen LogP contribution is 2.32. The van der Waals surface area contributed by atoms with Crippen LogP contribution in [0.1, 0.15) is 57.0 Å². The third-order valence-corrected chi connectivity index (χ3v) is 4.89. The minimum atomic E-state index is -4.45. The molecule has 3 N–H and O–H groups in total. The lowest BCUT2D eigenvalue weighted by atomic mass is 9.90. The summed E-state index contributed by atoms with van der Waals surface area (Å²) in [6.07, 6.45) is -4.20. The average molecular weight is 491 g/mol. The van der Waals surface area contributed by atoms with Crippen LogP contribution in [0.15, 0.2) is 51.7 Å². The van der Waals surface area contributed by atoms with Crippen LogP contribution in [-0.2, 0) is 11.0 Å². The Morgan fingerprint density at radius 1 is 0.971 bits per heavy atom. The second kappa shape index (κ2) is 10.8. The first-order chi connectivity index (χ1) is 16.3. The second-order valence-electron chi connectivity index (χ2n) is 8.92. The number of Topliss-reactive ketones (excluding diaryl/α,β-unsaturated/α-hetero) is 1. The van der Waals surface area contributed by atoms with Gasteiger partial charge >= 0.3 is 11.8 Å². The molecule has 188 valence electrons. The fourth-order valence-electron chi connectivity index (χ4n) is 3.39. The second-order valence-corrected chi connectivity index (χ2v) is 8.92. The first kappa shape index (κ1) is 27.6. The van der Waals surface area contributed by atoms with E-state index in [1.54, 1.807) is 6.07 Å². The van der Waals surface area contributed by atoms with Crippen molar-refractivity contribution in [2.75, 3.05) is 12.3 Å². The van der Waals surface area contributed by atoms with Crippen molar-refractivity contribution in [3.8, 4) is 11.1 Å². The number of rotatable bonds is 5. The van der Waals surface area contributed by atoms with Gasteiger partial charge in [-0.2, -0.15) is 13.2 Å². The Morgan fingerprint density at radius 2 is 1.54 bits per heavy atom. The van der Waals surface area contributed by atoms with E-state index in [2.05, 4.69) is 5.32 Å². The number of anilines is 1. The Hall–Kier alpha value is -3.62. The average Bonchev–Trinajstić information content (AvgIpc) is 2.77. The molecule has 3 aromatic rings. The Bertz CT molecular complexity index is 1270. The zero-order valence-electron chi connectivity index (χ0n) is 20.3. The predicted octanol–water partition coefficient (Wildman–Crippen LogP) is 5.82. The fourth-order valence-corrected chi connectivity index (χ4v) is 3.39. The summed E-state index contributed by atoms with van der Waals surface area (Å²) < 4.78 is 43.6. The molecule has 0 radical (unpaired) electrons. The van der Waals surface area contributed by atoms with Gasteiger partial charge in [-0.3, -0.25) is 9.59 Å². The number of hydrogen-bond acceptors (Lipinski definition) is 5. The number of nitrogens with two attached hydrogens (primary N) is 1. The van der Waals surface area contributed by atoms with Crippen LogP contribution in [0, 0.1) is 5.41 Å². The van der Waals surface area contributed by atoms with Crippen LogP contribution >= 0.6 is 0 Å². The van der Waals surface area contributed by atoms with Gasteiger partial charge in [-0.25, -0.2) is 4.79 Å². The molecule has 0 fully saturated rings. The number of carbonyl (C=O) groups excluding carboxylic acids is 2. The summed E-state index contributed by atoms with van der Waals surface area (Å²) in [4.78, 5) is 37.0. The molecule has 0 atom stereocenters. The van der Waals surface area contributed by atoms with Crippen LogP contribution in [0.25, 0.3) is 22.1 Å². The highest BCUT2D eigenvalue weighted by Gasteiger charge is 2.30. The molecule has 0 aliphatic carbocycles. The topological polar surface area (TPSA) is 102 Å². The van der Waals surface area contributed by atoms with Crippen LogP contribution in [0.2, 0.25) is 0 Å². The van der Waals surface area contributed by atoms with Crippen molar-refractivity contribution in [1.82, 2.24) is 5.32 Å². The van der Waals surface area contributed by atoms with Crippen molar-refractivity contribution in [3.63, 3.8) is 0 Å². The van der Waals surface area contributed by atoms with E-state index >= 15 is 0 Å². The van der Waals surface area contributed by atoms with Gasteiger partial charge in [0.15, 0.2) is 5.78 Å². The fraction of sp³-hybridized carbons (Fsp3) is 0.346. The van der Waals surface area contributed by atoms with E-state index in [9.17, 15) is 27.6 Å². The smallest absolute Gasteiger partial charge is 0.416 e. The first-order valence-electron chi connectivity index (χ1n) is 11.1. The maximum atomic E-state index is 12.8. The van der Waals surface area contributed by atoms with Crippen molar-refractivity contribution in [1.29, 1.82) is 0 Å². The van der Waals surface area contributed by atoms with Gasteiger partial charge in [0.05, 0.1) is 17.8 Å². The molecule has 0 spiro atoms. The number of ketones is 1. The maximum Gasteiger partial charge on any atom is 0.416 e. The standard InChI is InChI=1S/C24H23F3N2O4.C2H6/c1-23(2,3)11-16(30)12-29-21(31)19-20(28)17-9-6-14(10-18(17)33-22(19)32)13-4-7-15(8-5-13)24(25,26)27;1-2/h4-10H,11-12,28H2,1-3H3,(H,29,31);1-2H3. The summed E-state index contributed by atoms with van der Waals surface area (Å²) >= 11 is 0. The van der Waals surface area contributed by atoms with Gasteiger partial charge in [0.1, 0.15) is 11.1 Å². The normalized spacial score (nSPS) is 11.5. The minimum Gasteiger partial charge on any atom is -0.422 e. The van der Waals surface area contributed by atoms with Crippen molar-refractivity contribution < 1.29 is 27.2 Å². The molecular weight excluding hydrogens is 461 g/mol. The molecule has 0 unspecified atom stereocenters. The zero-order valence-corrected chi connectivity index (χ0v) is 20.3. The van der Waals surface area contributed by atoms with Crippen LogP contribution in [-0.4, -0.2) is 18.2 Å². The molecule has 0 saturated carbocycles. The molecule has 1 heterocycles. The van der Waals surface area contributed by atoms with Crippen molar-refractivity contribution in [3.05, 3.63) is 64.0 Å². The Labute approximate surface area is 201 Å². The Morgan fingerprint density at radius 3 is 2.09 bits per heavy atom. The van der Waals surface area contributed by atoms with Gasteiger partial charge in [-0.15, -0.1) is 0 Å². The summed E-state index contributed by atoms with van der Waals surface area (Å²) in [5, 5.41) is 2.69. The van der Waals surface area contributed by atoms with Crippen molar-refractivity contribution >= 4 is 28.3 Å². The number of fused-ring (bicyclic) bond motifs is 1. The molecule has 0 aliphatic heterocycles. The van der Waals surface area contributed by atoms with Gasteiger partial charge in [-0.1, -0.05) is 52.8 Å². The molecule has 3 rings (SSSR count). The predicted molar refractivity (Wildman–Crippen MR) is 130 cm³/mol. The van der Waals surface area contributed by atoms with Gasteiger partial charge in [0.2, 0.25) is 0 Å². The SMILES string of the molecule is CC.CC(C)(C)CC(=O)CNC(=O)c1c(N)c2ccc(-c3ccc(C(F)(F)F)cc3)cc2oc1=O. The lowest BCUT2D eigenvalue weighted by Crippen LogP contribution is -2.34. The Kier molecular flexibility index (Phi) is 8.49. The first-order valence-corrected chi connectivity index (χ1v) is 11.1. The molecule has 1 aromatic heterocycles. The lowest BCUT2D eigenvalue weighted by molar-refractivity contribution is -0.137. The number of carbonyl (C=O) groups is 2. The number of alkyl halides is 3. The van der Waals surface area contributed by atoms with Crippen LogP contribution in [0.4, 0.5) is 18.9 Å². The zero-order chi connectivity index (χ0) is 26.6. The molecule has 6 nitrogen and oxygen atoms in total. The highest BCUT2D eigenvalue weighted by atomic mass is 19.4. The van der Waals surface area contributed by atoms with Crippen LogP contribution in [0.3, 0.4) is 0 Å². The van der Waals surface area contributed by atoms with Gasteiger partial charge < -0.3 is 15.5 Å². The number of amides is 1. The number of benzene rings is 2. The van der Waals surface area contributed by atoms with Gasteiger partial charge in [0.25, 0.3) is 5.91 Å². The van der Waals surface area contributed by atoms with Crippen LogP contribution < -0.4 is 16.7 Å². The summed E-state index contributed by atoms with van der Waals surface area (Å²) in [5.74, 6) is -1.02. The third kappa shape index (κ3) is 6.94. The van der Waals surface area contributed by atoms with E-state index in [0.29, 0.717) is 11.1 Å². The summed E-state index contributed by atoms with van der Waals surface area (Å²) in [5.41, 5.74) is 4.59. The largest absolute Gasteiger partial charge is 0.422 e. The van der Waals surface area contributed by atoms with E-state index in [4.69, 9.17) is 10.2 Å². The molecule has 9 heteroatoms. The monoisotopic (exact) mass is 490 g/mol. The number of nitrogens with one attached hydrogen (secondary N) is 1. The quantitative estimate of drug-likeness (QED) is 0.439. The van der Waals surface area contributed by atoms with Gasteiger partial charge in [0, 0.05) is 11.8 Å². The molecule has 1 amide bonds. The Balaban J connectivity index is 0.00000210. The third-order valence-electron chi connectivity index (χ3n) is 4.89. The molecule has 35 heavy (non-hydrogen) atoms.